The van der Waals surface area contributed by atoms with Crippen molar-refractivity contribution in [2.75, 3.05) is 17.6 Å². The van der Waals surface area contributed by atoms with Crippen LogP contribution in [0.4, 0.5) is 11.5 Å². The maximum atomic E-state index is 12.1. The molecule has 0 radical (unpaired) electrons. The Labute approximate surface area is 210 Å². The van der Waals surface area contributed by atoms with Gasteiger partial charge in [-0.05, 0) is 41.6 Å². The fraction of sp³-hybridized carbons (Fsp3) is 0.214. The summed E-state index contributed by atoms with van der Waals surface area (Å²) in [6, 6.07) is 3.77. The van der Waals surface area contributed by atoms with Crippen molar-refractivity contribution >= 4 is 23.1 Å². The summed E-state index contributed by atoms with van der Waals surface area (Å²) in [4.78, 5) is 20.7. The fourth-order valence-corrected chi connectivity index (χ4v) is 4.48. The average Bonchev–Trinajstić information content (AvgIpc) is 3.34. The third-order valence-corrected chi connectivity index (χ3v) is 6.48. The van der Waals surface area contributed by atoms with Crippen molar-refractivity contribution in [3.8, 4) is 11.1 Å². The zero-order valence-electron chi connectivity index (χ0n) is 20.2. The van der Waals surface area contributed by atoms with E-state index in [4.69, 9.17) is 11.1 Å². The van der Waals surface area contributed by atoms with Crippen LogP contribution in [-0.2, 0) is 4.79 Å². The zero-order valence-corrected chi connectivity index (χ0v) is 20.2. The third-order valence-electron chi connectivity index (χ3n) is 6.48. The van der Waals surface area contributed by atoms with Crippen molar-refractivity contribution < 1.29 is 4.79 Å². The van der Waals surface area contributed by atoms with Crippen LogP contribution in [0.2, 0.25) is 0 Å². The van der Waals surface area contributed by atoms with Gasteiger partial charge in [-0.1, -0.05) is 38.2 Å². The predicted octanol–water partition coefficient (Wildman–Crippen LogP) is 3.70. The molecule has 0 fully saturated rings. The van der Waals surface area contributed by atoms with Gasteiger partial charge in [-0.2, -0.15) is 0 Å². The maximum absolute atomic E-state index is 12.1. The SMILES string of the molecule is CC(C)C(=O)Nc1cncc(-c2cnc(N)c(C(=N)C3=CC4C(C5=CCNC=C5)=CC=CC4N3)c2)c1. The van der Waals surface area contributed by atoms with Crippen molar-refractivity contribution in [1.82, 2.24) is 20.6 Å². The highest BCUT2D eigenvalue weighted by atomic mass is 16.1. The molecule has 5 rings (SSSR count). The molecule has 3 aliphatic rings. The van der Waals surface area contributed by atoms with E-state index in [0.717, 1.165) is 23.4 Å². The Morgan fingerprint density at radius 1 is 1.22 bits per heavy atom. The number of amides is 1. The summed E-state index contributed by atoms with van der Waals surface area (Å²) in [5, 5.41) is 18.5. The highest BCUT2D eigenvalue weighted by molar-refractivity contribution is 6.13. The smallest absolute Gasteiger partial charge is 0.226 e. The molecular weight excluding hydrogens is 450 g/mol. The van der Waals surface area contributed by atoms with Gasteiger partial charge in [0, 0.05) is 47.5 Å². The fourth-order valence-electron chi connectivity index (χ4n) is 4.48. The lowest BCUT2D eigenvalue weighted by atomic mass is 9.84. The number of nitrogens with zero attached hydrogens (tertiary/aromatic N) is 2. The van der Waals surface area contributed by atoms with E-state index in [1.807, 2.05) is 32.2 Å². The number of carbonyl (C=O) groups is 1. The molecule has 2 aromatic heterocycles. The molecule has 1 amide bonds. The quantitative estimate of drug-likeness (QED) is 0.402. The Kier molecular flexibility index (Phi) is 6.25. The third kappa shape index (κ3) is 4.57. The highest BCUT2D eigenvalue weighted by Gasteiger charge is 2.32. The average molecular weight is 480 g/mol. The standard InChI is InChI=1S/C28H29N7O/c1-16(2)28(36)34-20-10-18(13-32-15-20)19-11-23(27(30)33-14-19)26(29)25-12-22-21(4-3-5-24(22)35-25)17-6-8-31-9-7-17/h3-8,10-16,22,24,29,31,35H,9H2,1-2H3,(H2,30,33)(H,34,36). The summed E-state index contributed by atoms with van der Waals surface area (Å²) in [5.41, 5.74) is 12.3. The molecule has 4 heterocycles. The molecule has 0 saturated heterocycles. The first-order chi connectivity index (χ1) is 17.4. The Morgan fingerprint density at radius 3 is 2.83 bits per heavy atom. The zero-order chi connectivity index (χ0) is 25.2. The number of aromatic nitrogens is 2. The first kappa shape index (κ1) is 23.3. The minimum Gasteiger partial charge on any atom is -0.387 e. The van der Waals surface area contributed by atoms with Gasteiger partial charge in [0.25, 0.3) is 0 Å². The molecule has 0 saturated carbocycles. The van der Waals surface area contributed by atoms with E-state index in [0.29, 0.717) is 11.3 Å². The van der Waals surface area contributed by atoms with Crippen LogP contribution < -0.4 is 21.7 Å². The first-order valence-corrected chi connectivity index (χ1v) is 12.0. The van der Waals surface area contributed by atoms with Crippen LogP contribution in [0.3, 0.4) is 0 Å². The van der Waals surface area contributed by atoms with Gasteiger partial charge >= 0.3 is 0 Å². The molecule has 36 heavy (non-hydrogen) atoms. The molecule has 0 spiro atoms. The number of fused-ring (bicyclic) bond motifs is 1. The normalized spacial score (nSPS) is 20.0. The minimum atomic E-state index is -0.137. The second kappa shape index (κ2) is 9.65. The number of rotatable bonds is 6. The number of hydrogen-bond acceptors (Lipinski definition) is 7. The number of hydrogen-bond donors (Lipinski definition) is 5. The molecule has 8 heteroatoms. The Bertz CT molecular complexity index is 1380. The molecule has 6 N–H and O–H groups in total. The number of dihydropyridines is 1. The van der Waals surface area contributed by atoms with Gasteiger partial charge in [-0.3, -0.25) is 15.2 Å². The van der Waals surface area contributed by atoms with Crippen LogP contribution in [0.5, 0.6) is 0 Å². The second-order valence-electron chi connectivity index (χ2n) is 9.32. The lowest BCUT2D eigenvalue weighted by molar-refractivity contribution is -0.118. The Hall–Kier alpha value is -4.46. The molecule has 0 aromatic carbocycles. The van der Waals surface area contributed by atoms with Crippen molar-refractivity contribution in [3.05, 3.63) is 95.8 Å². The van der Waals surface area contributed by atoms with Crippen molar-refractivity contribution in [1.29, 1.82) is 5.41 Å². The van der Waals surface area contributed by atoms with E-state index in [9.17, 15) is 4.79 Å². The number of pyridine rings is 2. The van der Waals surface area contributed by atoms with E-state index in [2.05, 4.69) is 62.4 Å². The van der Waals surface area contributed by atoms with Crippen molar-refractivity contribution in [3.63, 3.8) is 0 Å². The molecule has 2 atom stereocenters. The van der Waals surface area contributed by atoms with Crippen LogP contribution in [0.15, 0.2) is 90.2 Å². The molecule has 8 nitrogen and oxygen atoms in total. The topological polar surface area (TPSA) is 129 Å². The lowest BCUT2D eigenvalue weighted by Crippen LogP contribution is -2.31. The van der Waals surface area contributed by atoms with Crippen molar-refractivity contribution in [2.24, 2.45) is 11.8 Å². The van der Waals surface area contributed by atoms with E-state index in [1.54, 1.807) is 18.6 Å². The summed E-state index contributed by atoms with van der Waals surface area (Å²) in [6.45, 7) is 4.48. The molecule has 2 aliphatic heterocycles. The van der Waals surface area contributed by atoms with Crippen LogP contribution in [0, 0.1) is 17.2 Å². The second-order valence-corrected chi connectivity index (χ2v) is 9.32. The van der Waals surface area contributed by atoms with Crippen LogP contribution in [0.1, 0.15) is 19.4 Å². The van der Waals surface area contributed by atoms with E-state index in [1.165, 1.54) is 11.1 Å². The molecule has 0 bridgehead atoms. The summed E-state index contributed by atoms with van der Waals surface area (Å²) in [7, 11) is 0. The Balaban J connectivity index is 1.41. The number of nitrogens with one attached hydrogen (secondary N) is 4. The van der Waals surface area contributed by atoms with Crippen LogP contribution in [0.25, 0.3) is 11.1 Å². The van der Waals surface area contributed by atoms with E-state index < -0.39 is 0 Å². The largest absolute Gasteiger partial charge is 0.387 e. The van der Waals surface area contributed by atoms with Crippen LogP contribution >= 0.6 is 0 Å². The van der Waals surface area contributed by atoms with Gasteiger partial charge in [-0.25, -0.2) is 4.98 Å². The van der Waals surface area contributed by atoms with Gasteiger partial charge in [0.05, 0.1) is 29.3 Å². The predicted molar refractivity (Wildman–Crippen MR) is 143 cm³/mol. The lowest BCUT2D eigenvalue weighted by Gasteiger charge is -2.24. The molecule has 2 aromatic rings. The van der Waals surface area contributed by atoms with Crippen LogP contribution in [-0.4, -0.2) is 34.2 Å². The van der Waals surface area contributed by atoms with Gasteiger partial charge in [0.2, 0.25) is 5.91 Å². The monoisotopic (exact) mass is 479 g/mol. The molecule has 2 unspecified atom stereocenters. The van der Waals surface area contributed by atoms with E-state index >= 15 is 0 Å². The number of carbonyl (C=O) groups excluding carboxylic acids is 1. The molecular formula is C28H29N7O. The summed E-state index contributed by atoms with van der Waals surface area (Å²) < 4.78 is 0. The maximum Gasteiger partial charge on any atom is 0.226 e. The number of allylic oxidation sites excluding steroid dienone is 5. The number of anilines is 2. The number of nitrogens with two attached hydrogens (primary N) is 1. The molecule has 182 valence electrons. The summed E-state index contributed by atoms with van der Waals surface area (Å²) in [5.74, 6) is 0.198. The first-order valence-electron chi connectivity index (χ1n) is 12.0. The summed E-state index contributed by atoms with van der Waals surface area (Å²) in [6.07, 6.45) is 19.6. The van der Waals surface area contributed by atoms with Gasteiger partial charge in [0.1, 0.15) is 5.82 Å². The van der Waals surface area contributed by atoms with Crippen molar-refractivity contribution in [2.45, 2.75) is 19.9 Å². The highest BCUT2D eigenvalue weighted by Crippen LogP contribution is 2.35. The van der Waals surface area contributed by atoms with Gasteiger partial charge in [-0.15, -0.1) is 0 Å². The Morgan fingerprint density at radius 2 is 2.06 bits per heavy atom. The van der Waals surface area contributed by atoms with E-state index in [-0.39, 0.29) is 35.3 Å². The van der Waals surface area contributed by atoms with Gasteiger partial charge in [0.15, 0.2) is 0 Å². The molecule has 1 aliphatic carbocycles. The van der Waals surface area contributed by atoms with Gasteiger partial charge < -0.3 is 21.7 Å². The minimum absolute atomic E-state index is 0.0763. The number of nitrogen functional groups attached to an aromatic ring is 1. The summed E-state index contributed by atoms with van der Waals surface area (Å²) >= 11 is 0.